The van der Waals surface area contributed by atoms with Crippen molar-refractivity contribution in [1.29, 1.82) is 0 Å². The average Bonchev–Trinajstić information content (AvgIpc) is 3.20. The van der Waals surface area contributed by atoms with Gasteiger partial charge in [0.15, 0.2) is 0 Å². The Bertz CT molecular complexity index is 896. The number of halogens is 2. The number of aliphatic hydroxyl groups excluding tert-OH is 1. The van der Waals surface area contributed by atoms with Crippen LogP contribution in [-0.2, 0) is 0 Å². The summed E-state index contributed by atoms with van der Waals surface area (Å²) in [6, 6.07) is 14.6. The lowest BCUT2D eigenvalue weighted by Crippen LogP contribution is -2.53. The van der Waals surface area contributed by atoms with E-state index in [2.05, 4.69) is 4.90 Å². The Balaban J connectivity index is 1.58. The number of amides is 2. The third-order valence-corrected chi connectivity index (χ3v) is 6.16. The molecule has 8 heteroatoms. The summed E-state index contributed by atoms with van der Waals surface area (Å²) in [5, 5.41) is 10.5. The van der Waals surface area contributed by atoms with Crippen LogP contribution >= 0.6 is 23.2 Å². The molecule has 1 fully saturated rings. The van der Waals surface area contributed by atoms with Crippen molar-refractivity contribution in [2.45, 2.75) is 12.1 Å². The molecule has 0 aliphatic carbocycles. The first-order chi connectivity index (χ1) is 14.6. The molecule has 0 saturated carbocycles. The Morgan fingerprint density at radius 1 is 0.933 bits per heavy atom. The predicted octanol–water partition coefficient (Wildman–Crippen LogP) is 3.85. The molecule has 2 aliphatic rings. The Kier molecular flexibility index (Phi) is 6.58. The first-order valence-electron chi connectivity index (χ1n) is 10.0. The van der Waals surface area contributed by atoms with E-state index in [9.17, 15) is 4.79 Å². The maximum Gasteiger partial charge on any atom is 0.325 e. The number of carbonyl (C=O) groups excluding carboxylic acids is 1. The van der Waals surface area contributed by atoms with Gasteiger partial charge in [0.05, 0.1) is 19.0 Å². The maximum atomic E-state index is 13.4. The van der Waals surface area contributed by atoms with Crippen molar-refractivity contribution in [2.24, 2.45) is 4.99 Å². The van der Waals surface area contributed by atoms with Gasteiger partial charge in [-0.3, -0.25) is 14.8 Å². The Hall–Kier alpha value is -2.12. The fraction of sp³-hybridized carbons (Fsp3) is 0.364. The van der Waals surface area contributed by atoms with Gasteiger partial charge >= 0.3 is 6.03 Å². The highest BCUT2D eigenvalue weighted by atomic mass is 35.5. The number of β-amino-alcohol motifs (C(OH)–C–C–N with tert-alkyl or cyclic N) is 1. The number of rotatable bonds is 4. The van der Waals surface area contributed by atoms with Crippen molar-refractivity contribution in [3.8, 4) is 0 Å². The number of nitrogens with zero attached hydrogens (tertiary/aromatic N) is 4. The molecule has 1 saturated heterocycles. The highest BCUT2D eigenvalue weighted by Gasteiger charge is 2.39. The van der Waals surface area contributed by atoms with E-state index >= 15 is 0 Å². The van der Waals surface area contributed by atoms with Crippen molar-refractivity contribution in [1.82, 2.24) is 14.7 Å². The number of piperazine rings is 1. The van der Waals surface area contributed by atoms with E-state index in [1.165, 1.54) is 0 Å². The second-order valence-corrected chi connectivity index (χ2v) is 8.37. The largest absolute Gasteiger partial charge is 0.395 e. The quantitative estimate of drug-likeness (QED) is 0.775. The van der Waals surface area contributed by atoms with Gasteiger partial charge in [-0.05, 0) is 35.4 Å². The summed E-state index contributed by atoms with van der Waals surface area (Å²) in [4.78, 5) is 23.8. The standard InChI is InChI=1S/C22H24Cl2N4O2/c23-18-5-1-16(2-6-18)20-21(17-3-7-19(24)8-4-17)28(15-25-20)22(30)27-11-9-26(10-12-27)13-14-29/h1-8,15,20-21,29H,9-14H2. The Labute approximate surface area is 186 Å². The minimum Gasteiger partial charge on any atom is -0.395 e. The molecule has 6 nitrogen and oxygen atoms in total. The fourth-order valence-electron chi connectivity index (χ4n) is 4.02. The molecule has 0 radical (unpaired) electrons. The molecule has 2 aliphatic heterocycles. The van der Waals surface area contributed by atoms with E-state index < -0.39 is 0 Å². The van der Waals surface area contributed by atoms with Gasteiger partial charge in [-0.2, -0.15) is 0 Å². The third-order valence-electron chi connectivity index (χ3n) is 5.65. The van der Waals surface area contributed by atoms with Crippen LogP contribution in [0.15, 0.2) is 53.5 Å². The van der Waals surface area contributed by atoms with Crippen LogP contribution in [-0.4, -0.2) is 71.5 Å². The molecule has 4 rings (SSSR count). The zero-order valence-electron chi connectivity index (χ0n) is 16.5. The van der Waals surface area contributed by atoms with Crippen molar-refractivity contribution < 1.29 is 9.90 Å². The van der Waals surface area contributed by atoms with Crippen LogP contribution in [0, 0.1) is 0 Å². The van der Waals surface area contributed by atoms with E-state index in [0.29, 0.717) is 29.7 Å². The summed E-state index contributed by atoms with van der Waals surface area (Å²) in [7, 11) is 0. The number of carbonyl (C=O) groups is 1. The summed E-state index contributed by atoms with van der Waals surface area (Å²) in [6.07, 6.45) is 1.65. The number of urea groups is 1. The number of aliphatic imine (C=N–C) groups is 1. The molecule has 2 unspecified atom stereocenters. The number of aliphatic hydroxyl groups is 1. The lowest BCUT2D eigenvalue weighted by molar-refractivity contribution is 0.108. The van der Waals surface area contributed by atoms with Gasteiger partial charge in [-0.15, -0.1) is 0 Å². The van der Waals surface area contributed by atoms with Gasteiger partial charge in [0.1, 0.15) is 6.04 Å². The zero-order valence-corrected chi connectivity index (χ0v) is 18.0. The minimum atomic E-state index is -0.258. The van der Waals surface area contributed by atoms with Crippen LogP contribution in [0.1, 0.15) is 23.2 Å². The van der Waals surface area contributed by atoms with Gasteiger partial charge in [0, 0.05) is 42.8 Å². The average molecular weight is 447 g/mol. The van der Waals surface area contributed by atoms with E-state index in [1.807, 2.05) is 53.4 Å². The smallest absolute Gasteiger partial charge is 0.325 e. The molecule has 2 atom stereocenters. The lowest BCUT2D eigenvalue weighted by atomic mass is 9.94. The molecule has 2 aromatic rings. The molecular weight excluding hydrogens is 423 g/mol. The highest BCUT2D eigenvalue weighted by Crippen LogP contribution is 2.41. The Morgan fingerprint density at radius 2 is 1.50 bits per heavy atom. The van der Waals surface area contributed by atoms with Crippen LogP contribution in [0.4, 0.5) is 4.79 Å². The molecule has 0 spiro atoms. The highest BCUT2D eigenvalue weighted by molar-refractivity contribution is 6.30. The zero-order chi connectivity index (χ0) is 21.1. The first kappa shape index (κ1) is 21.1. The SMILES string of the molecule is O=C(N1CCN(CCO)CC1)N1C=NC(c2ccc(Cl)cc2)C1c1ccc(Cl)cc1. The molecule has 1 N–H and O–H groups in total. The van der Waals surface area contributed by atoms with Gasteiger partial charge in [-0.1, -0.05) is 47.5 Å². The summed E-state index contributed by atoms with van der Waals surface area (Å²) in [5.41, 5.74) is 1.97. The number of hydrogen-bond donors (Lipinski definition) is 1. The number of hydrogen-bond acceptors (Lipinski definition) is 4. The second kappa shape index (κ2) is 9.35. The van der Waals surface area contributed by atoms with E-state index in [0.717, 1.165) is 24.2 Å². The van der Waals surface area contributed by atoms with Crippen molar-refractivity contribution in [3.63, 3.8) is 0 Å². The van der Waals surface area contributed by atoms with Gasteiger partial charge in [0.25, 0.3) is 0 Å². The molecule has 2 heterocycles. The van der Waals surface area contributed by atoms with E-state index in [4.69, 9.17) is 33.3 Å². The van der Waals surface area contributed by atoms with Crippen molar-refractivity contribution in [2.75, 3.05) is 39.3 Å². The molecule has 0 bridgehead atoms. The molecule has 2 aromatic carbocycles. The van der Waals surface area contributed by atoms with Crippen molar-refractivity contribution >= 4 is 35.6 Å². The molecule has 158 valence electrons. The summed E-state index contributed by atoms with van der Waals surface area (Å²) >= 11 is 12.2. The fourth-order valence-corrected chi connectivity index (χ4v) is 4.27. The van der Waals surface area contributed by atoms with Gasteiger partial charge in [0.2, 0.25) is 0 Å². The molecular formula is C22H24Cl2N4O2. The first-order valence-corrected chi connectivity index (χ1v) is 10.8. The summed E-state index contributed by atoms with van der Waals surface area (Å²) < 4.78 is 0. The lowest BCUT2D eigenvalue weighted by Gasteiger charge is -2.37. The topological polar surface area (TPSA) is 59.4 Å². The van der Waals surface area contributed by atoms with E-state index in [-0.39, 0.29) is 24.7 Å². The Morgan fingerprint density at radius 3 is 2.07 bits per heavy atom. The summed E-state index contributed by atoms with van der Waals surface area (Å²) in [6.45, 7) is 3.53. The molecule has 2 amide bonds. The van der Waals surface area contributed by atoms with Crippen LogP contribution in [0.3, 0.4) is 0 Å². The van der Waals surface area contributed by atoms with Crippen LogP contribution in [0.2, 0.25) is 10.0 Å². The monoisotopic (exact) mass is 446 g/mol. The summed E-state index contributed by atoms with van der Waals surface area (Å²) in [5.74, 6) is 0. The van der Waals surface area contributed by atoms with Gasteiger partial charge in [-0.25, -0.2) is 4.79 Å². The third kappa shape index (κ3) is 4.47. The predicted molar refractivity (Wildman–Crippen MR) is 119 cm³/mol. The molecule has 0 aromatic heterocycles. The minimum absolute atomic E-state index is 0.0567. The normalized spacial score (nSPS) is 22.0. The maximum absolute atomic E-state index is 13.4. The van der Waals surface area contributed by atoms with Crippen LogP contribution in [0.5, 0.6) is 0 Å². The second-order valence-electron chi connectivity index (χ2n) is 7.50. The van der Waals surface area contributed by atoms with Crippen LogP contribution < -0.4 is 0 Å². The van der Waals surface area contributed by atoms with Crippen molar-refractivity contribution in [3.05, 3.63) is 69.7 Å². The molecule has 30 heavy (non-hydrogen) atoms. The van der Waals surface area contributed by atoms with Crippen LogP contribution in [0.25, 0.3) is 0 Å². The van der Waals surface area contributed by atoms with E-state index in [1.54, 1.807) is 11.2 Å². The van der Waals surface area contributed by atoms with Gasteiger partial charge < -0.3 is 10.0 Å². The number of benzene rings is 2.